The number of amides is 2. The third-order valence-electron chi connectivity index (χ3n) is 2.58. The summed E-state index contributed by atoms with van der Waals surface area (Å²) in [5.41, 5.74) is 0.992. The number of aryl methyl sites for hydroxylation is 1. The zero-order valence-electron chi connectivity index (χ0n) is 9.86. The van der Waals surface area contributed by atoms with Crippen molar-refractivity contribution in [2.75, 3.05) is 13.2 Å². The predicted molar refractivity (Wildman–Crippen MR) is 66.1 cm³/mol. The minimum Gasteiger partial charge on any atom is -0.376 e. The van der Waals surface area contributed by atoms with Gasteiger partial charge in [-0.25, -0.2) is 9.78 Å². The van der Waals surface area contributed by atoms with Gasteiger partial charge in [-0.15, -0.1) is 11.3 Å². The molecule has 1 unspecified atom stereocenters. The van der Waals surface area contributed by atoms with Crippen LogP contribution in [0, 0.1) is 6.92 Å². The minimum atomic E-state index is -0.159. The molecule has 0 spiro atoms. The smallest absolute Gasteiger partial charge is 0.315 e. The highest BCUT2D eigenvalue weighted by Crippen LogP contribution is 2.10. The lowest BCUT2D eigenvalue weighted by Gasteiger charge is -2.11. The number of nitrogens with one attached hydrogen (secondary N) is 2. The molecule has 2 N–H and O–H groups in total. The topological polar surface area (TPSA) is 63.2 Å². The maximum atomic E-state index is 11.5. The van der Waals surface area contributed by atoms with E-state index in [4.69, 9.17) is 4.74 Å². The molecule has 5 nitrogen and oxygen atoms in total. The first kappa shape index (κ1) is 12.3. The zero-order chi connectivity index (χ0) is 12.1. The van der Waals surface area contributed by atoms with Crippen molar-refractivity contribution >= 4 is 17.4 Å². The third-order valence-corrected chi connectivity index (χ3v) is 3.55. The van der Waals surface area contributed by atoms with Crippen LogP contribution in [0.1, 0.15) is 23.5 Å². The fourth-order valence-corrected chi connectivity index (χ4v) is 2.43. The maximum Gasteiger partial charge on any atom is 0.315 e. The molecule has 94 valence electrons. The summed E-state index contributed by atoms with van der Waals surface area (Å²) in [5, 5.41) is 8.48. The number of carbonyl (C=O) groups excluding carboxylic acids is 1. The van der Waals surface area contributed by atoms with Gasteiger partial charge in [0.05, 0.1) is 12.6 Å². The fourth-order valence-electron chi connectivity index (χ4n) is 1.71. The van der Waals surface area contributed by atoms with Gasteiger partial charge in [0, 0.05) is 24.2 Å². The standard InChI is InChI=1S/C11H17N3O2S/c1-8-7-17-10(14-8)6-13-11(15)12-5-9-3-2-4-16-9/h7,9H,2-6H2,1H3,(H2,12,13,15). The first-order valence-corrected chi connectivity index (χ1v) is 6.66. The second-order valence-corrected chi connectivity index (χ2v) is 5.02. The van der Waals surface area contributed by atoms with E-state index in [1.54, 1.807) is 11.3 Å². The van der Waals surface area contributed by atoms with Gasteiger partial charge in [-0.3, -0.25) is 0 Å². The van der Waals surface area contributed by atoms with E-state index in [1.165, 1.54) is 0 Å². The molecule has 0 aliphatic carbocycles. The average molecular weight is 255 g/mol. The van der Waals surface area contributed by atoms with Crippen LogP contribution in [0.4, 0.5) is 4.79 Å². The summed E-state index contributed by atoms with van der Waals surface area (Å²) in [7, 11) is 0. The molecule has 17 heavy (non-hydrogen) atoms. The molecular weight excluding hydrogens is 238 g/mol. The van der Waals surface area contributed by atoms with E-state index in [0.717, 1.165) is 30.2 Å². The maximum absolute atomic E-state index is 11.5. The quantitative estimate of drug-likeness (QED) is 0.855. The van der Waals surface area contributed by atoms with Crippen molar-refractivity contribution in [3.05, 3.63) is 16.1 Å². The highest BCUT2D eigenvalue weighted by molar-refractivity contribution is 7.09. The normalized spacial score (nSPS) is 19.2. The monoisotopic (exact) mass is 255 g/mol. The molecule has 6 heteroatoms. The van der Waals surface area contributed by atoms with Crippen molar-refractivity contribution < 1.29 is 9.53 Å². The molecular formula is C11H17N3O2S. The zero-order valence-corrected chi connectivity index (χ0v) is 10.7. The second-order valence-electron chi connectivity index (χ2n) is 4.08. The Hall–Kier alpha value is -1.14. The summed E-state index contributed by atoms with van der Waals surface area (Å²) in [5.74, 6) is 0. The van der Waals surface area contributed by atoms with Crippen LogP contribution >= 0.6 is 11.3 Å². The molecule has 2 heterocycles. The van der Waals surface area contributed by atoms with Crippen molar-refractivity contribution in [1.82, 2.24) is 15.6 Å². The van der Waals surface area contributed by atoms with E-state index in [0.29, 0.717) is 13.1 Å². The van der Waals surface area contributed by atoms with Crippen LogP contribution in [0.15, 0.2) is 5.38 Å². The van der Waals surface area contributed by atoms with Gasteiger partial charge in [-0.2, -0.15) is 0 Å². The lowest BCUT2D eigenvalue weighted by molar-refractivity contribution is 0.111. The molecule has 1 fully saturated rings. The van der Waals surface area contributed by atoms with Crippen molar-refractivity contribution in [2.45, 2.75) is 32.4 Å². The summed E-state index contributed by atoms with van der Waals surface area (Å²) < 4.78 is 5.42. The Labute approximate surface area is 105 Å². The van der Waals surface area contributed by atoms with Gasteiger partial charge in [-0.05, 0) is 19.8 Å². The number of nitrogens with zero attached hydrogens (tertiary/aromatic N) is 1. The Balaban J connectivity index is 1.63. The first-order chi connectivity index (χ1) is 8.24. The van der Waals surface area contributed by atoms with Crippen LogP contribution in [-0.2, 0) is 11.3 Å². The van der Waals surface area contributed by atoms with Crippen molar-refractivity contribution in [3.8, 4) is 0 Å². The molecule has 0 aromatic carbocycles. The molecule has 0 radical (unpaired) electrons. The Kier molecular flexibility index (Phi) is 4.33. The summed E-state index contributed by atoms with van der Waals surface area (Å²) in [6.07, 6.45) is 2.31. The van der Waals surface area contributed by atoms with Gasteiger partial charge in [0.1, 0.15) is 5.01 Å². The van der Waals surface area contributed by atoms with Gasteiger partial charge >= 0.3 is 6.03 Å². The number of ether oxygens (including phenoxy) is 1. The fraction of sp³-hybridized carbons (Fsp3) is 0.636. The molecule has 1 aromatic rings. The van der Waals surface area contributed by atoms with Crippen LogP contribution < -0.4 is 10.6 Å². The van der Waals surface area contributed by atoms with Gasteiger partial charge in [0.2, 0.25) is 0 Å². The van der Waals surface area contributed by atoms with E-state index in [9.17, 15) is 4.79 Å². The number of thiazole rings is 1. The third kappa shape index (κ3) is 3.98. The van der Waals surface area contributed by atoms with E-state index < -0.39 is 0 Å². The predicted octanol–water partition coefficient (Wildman–Crippen LogP) is 1.43. The lowest BCUT2D eigenvalue weighted by Crippen LogP contribution is -2.39. The van der Waals surface area contributed by atoms with E-state index in [1.807, 2.05) is 12.3 Å². The van der Waals surface area contributed by atoms with E-state index in [2.05, 4.69) is 15.6 Å². The second kappa shape index (κ2) is 5.97. The van der Waals surface area contributed by atoms with Gasteiger partial charge < -0.3 is 15.4 Å². The van der Waals surface area contributed by atoms with E-state index in [-0.39, 0.29) is 12.1 Å². The molecule has 1 aromatic heterocycles. The van der Waals surface area contributed by atoms with Crippen LogP contribution in [0.25, 0.3) is 0 Å². The molecule has 0 bridgehead atoms. The number of aromatic nitrogens is 1. The summed E-state index contributed by atoms with van der Waals surface area (Å²) in [6.45, 7) is 3.82. The van der Waals surface area contributed by atoms with Crippen LogP contribution in [0.3, 0.4) is 0 Å². The Morgan fingerprint density at radius 1 is 1.65 bits per heavy atom. The van der Waals surface area contributed by atoms with Crippen molar-refractivity contribution in [3.63, 3.8) is 0 Å². The van der Waals surface area contributed by atoms with Crippen LogP contribution in [-0.4, -0.2) is 30.3 Å². The molecule has 2 amide bonds. The number of rotatable bonds is 4. The van der Waals surface area contributed by atoms with Gasteiger partial charge in [-0.1, -0.05) is 0 Å². The first-order valence-electron chi connectivity index (χ1n) is 5.78. The minimum absolute atomic E-state index is 0.159. The average Bonchev–Trinajstić information content (AvgIpc) is 2.95. The van der Waals surface area contributed by atoms with Gasteiger partial charge in [0.15, 0.2) is 0 Å². The highest BCUT2D eigenvalue weighted by atomic mass is 32.1. The molecule has 1 aliphatic rings. The molecule has 1 atom stereocenters. The number of hydrogen-bond acceptors (Lipinski definition) is 4. The Morgan fingerprint density at radius 3 is 3.18 bits per heavy atom. The summed E-state index contributed by atoms with van der Waals surface area (Å²) in [4.78, 5) is 15.8. The summed E-state index contributed by atoms with van der Waals surface area (Å²) >= 11 is 1.56. The molecule has 1 saturated heterocycles. The molecule has 0 saturated carbocycles. The Bertz CT molecular complexity index is 375. The summed E-state index contributed by atoms with van der Waals surface area (Å²) in [6, 6.07) is -0.159. The molecule has 2 rings (SSSR count). The largest absolute Gasteiger partial charge is 0.376 e. The SMILES string of the molecule is Cc1csc(CNC(=O)NCC2CCCO2)n1. The van der Waals surface area contributed by atoms with Crippen LogP contribution in [0.2, 0.25) is 0 Å². The number of carbonyl (C=O) groups is 1. The number of hydrogen-bond donors (Lipinski definition) is 2. The van der Waals surface area contributed by atoms with Crippen molar-refractivity contribution in [2.24, 2.45) is 0 Å². The van der Waals surface area contributed by atoms with Gasteiger partial charge in [0.25, 0.3) is 0 Å². The van der Waals surface area contributed by atoms with Crippen LogP contribution in [0.5, 0.6) is 0 Å². The highest BCUT2D eigenvalue weighted by Gasteiger charge is 2.15. The Morgan fingerprint density at radius 2 is 2.53 bits per heavy atom. The van der Waals surface area contributed by atoms with Crippen molar-refractivity contribution in [1.29, 1.82) is 0 Å². The lowest BCUT2D eigenvalue weighted by atomic mass is 10.2. The molecule has 1 aliphatic heterocycles. The van der Waals surface area contributed by atoms with E-state index >= 15 is 0 Å². The number of urea groups is 1.